The monoisotopic (exact) mass is 196 g/mol. The van der Waals surface area contributed by atoms with Crippen LogP contribution < -0.4 is 5.73 Å². The molecule has 2 N–H and O–H groups in total. The molecule has 0 aromatic heterocycles. The van der Waals surface area contributed by atoms with E-state index in [0.717, 1.165) is 25.3 Å². The van der Waals surface area contributed by atoms with Gasteiger partial charge in [0.1, 0.15) is 0 Å². The van der Waals surface area contributed by atoms with Crippen molar-refractivity contribution in [3.8, 4) is 0 Å². The molecular formula is C11H20N2O. The first-order valence-corrected chi connectivity index (χ1v) is 5.66. The second kappa shape index (κ2) is 3.54. The van der Waals surface area contributed by atoms with Gasteiger partial charge in [-0.15, -0.1) is 0 Å². The number of amides is 1. The van der Waals surface area contributed by atoms with Crippen molar-refractivity contribution < 1.29 is 4.79 Å². The Bertz CT molecular complexity index is 231. The Morgan fingerprint density at radius 1 is 1.50 bits per heavy atom. The van der Waals surface area contributed by atoms with Crippen molar-refractivity contribution in [1.29, 1.82) is 0 Å². The van der Waals surface area contributed by atoms with Gasteiger partial charge in [0.05, 0.1) is 5.54 Å². The molecule has 80 valence electrons. The highest BCUT2D eigenvalue weighted by Crippen LogP contribution is 2.34. The molecule has 2 rings (SSSR count). The summed E-state index contributed by atoms with van der Waals surface area (Å²) in [4.78, 5) is 13.6. The van der Waals surface area contributed by atoms with E-state index in [1.54, 1.807) is 0 Å². The number of carbonyl (C=O) groups excluding carboxylic acids is 1. The van der Waals surface area contributed by atoms with Crippen LogP contribution in [0.2, 0.25) is 0 Å². The van der Waals surface area contributed by atoms with Crippen LogP contribution in [-0.2, 0) is 4.79 Å². The van der Waals surface area contributed by atoms with Crippen LogP contribution in [0.25, 0.3) is 0 Å². The minimum Gasteiger partial charge on any atom is -0.344 e. The molecule has 0 bridgehead atoms. The Labute approximate surface area is 85.6 Å². The van der Waals surface area contributed by atoms with Gasteiger partial charge in [0, 0.05) is 13.6 Å². The first kappa shape index (κ1) is 9.97. The fourth-order valence-corrected chi connectivity index (χ4v) is 1.99. The summed E-state index contributed by atoms with van der Waals surface area (Å²) in [7, 11) is 1.88. The molecule has 3 heteroatoms. The average Bonchev–Trinajstić information content (AvgIpc) is 2.80. The van der Waals surface area contributed by atoms with E-state index in [0.29, 0.717) is 0 Å². The molecule has 14 heavy (non-hydrogen) atoms. The predicted octanol–water partition coefficient (Wildman–Crippen LogP) is 1.13. The molecule has 2 aliphatic rings. The van der Waals surface area contributed by atoms with Crippen LogP contribution in [0.5, 0.6) is 0 Å². The van der Waals surface area contributed by atoms with Gasteiger partial charge in [-0.3, -0.25) is 4.79 Å². The molecule has 0 heterocycles. The van der Waals surface area contributed by atoms with E-state index in [1.165, 1.54) is 25.7 Å². The number of likely N-dealkylation sites (N-methyl/N-ethyl adjacent to an activating group) is 1. The molecule has 2 fully saturated rings. The van der Waals surface area contributed by atoms with Gasteiger partial charge in [-0.2, -0.15) is 0 Å². The molecule has 0 unspecified atom stereocenters. The first-order valence-electron chi connectivity index (χ1n) is 5.66. The standard InChI is InChI=1S/C11H20N2O/c1-13(8-5-9-3-2-4-9)10(14)11(12)6-7-11/h9H,2-8,12H2,1H3. The molecule has 2 aliphatic carbocycles. The summed E-state index contributed by atoms with van der Waals surface area (Å²) in [5.41, 5.74) is 5.37. The maximum atomic E-state index is 11.7. The normalized spacial score (nSPS) is 24.1. The molecule has 0 aromatic carbocycles. The van der Waals surface area contributed by atoms with E-state index in [4.69, 9.17) is 5.73 Å². The van der Waals surface area contributed by atoms with Gasteiger partial charge in [0.15, 0.2) is 0 Å². The van der Waals surface area contributed by atoms with E-state index < -0.39 is 5.54 Å². The lowest BCUT2D eigenvalue weighted by Gasteiger charge is -2.28. The molecule has 2 saturated carbocycles. The van der Waals surface area contributed by atoms with E-state index in [2.05, 4.69) is 0 Å². The van der Waals surface area contributed by atoms with Crippen LogP contribution in [0, 0.1) is 5.92 Å². The molecular weight excluding hydrogens is 176 g/mol. The minimum atomic E-state index is -0.478. The Hall–Kier alpha value is -0.570. The van der Waals surface area contributed by atoms with Crippen molar-refractivity contribution in [2.24, 2.45) is 11.7 Å². The van der Waals surface area contributed by atoms with Gasteiger partial charge in [-0.1, -0.05) is 19.3 Å². The Morgan fingerprint density at radius 2 is 2.14 bits per heavy atom. The van der Waals surface area contributed by atoms with Gasteiger partial charge in [-0.25, -0.2) is 0 Å². The molecule has 0 atom stereocenters. The quantitative estimate of drug-likeness (QED) is 0.732. The van der Waals surface area contributed by atoms with Gasteiger partial charge in [0.25, 0.3) is 0 Å². The number of nitrogens with two attached hydrogens (primary N) is 1. The largest absolute Gasteiger partial charge is 0.344 e. The van der Waals surface area contributed by atoms with Gasteiger partial charge in [0.2, 0.25) is 5.91 Å². The zero-order chi connectivity index (χ0) is 10.2. The SMILES string of the molecule is CN(CCC1CCC1)C(=O)C1(N)CC1. The zero-order valence-corrected chi connectivity index (χ0v) is 8.96. The van der Waals surface area contributed by atoms with Gasteiger partial charge in [-0.05, 0) is 25.2 Å². The fourth-order valence-electron chi connectivity index (χ4n) is 1.99. The summed E-state index contributed by atoms with van der Waals surface area (Å²) in [6, 6.07) is 0. The number of hydrogen-bond donors (Lipinski definition) is 1. The molecule has 0 aliphatic heterocycles. The summed E-state index contributed by atoms with van der Waals surface area (Å²) in [5.74, 6) is 1.02. The summed E-state index contributed by atoms with van der Waals surface area (Å²) in [6.07, 6.45) is 7.01. The lowest BCUT2D eigenvalue weighted by Crippen LogP contribution is -2.44. The first-order chi connectivity index (χ1) is 6.62. The number of hydrogen-bond acceptors (Lipinski definition) is 2. The average molecular weight is 196 g/mol. The van der Waals surface area contributed by atoms with Crippen LogP contribution in [0.15, 0.2) is 0 Å². The summed E-state index contributed by atoms with van der Waals surface area (Å²) < 4.78 is 0. The molecule has 0 radical (unpaired) electrons. The zero-order valence-electron chi connectivity index (χ0n) is 8.96. The smallest absolute Gasteiger partial charge is 0.242 e. The van der Waals surface area contributed by atoms with Gasteiger partial charge < -0.3 is 10.6 Å². The van der Waals surface area contributed by atoms with Crippen LogP contribution in [0.1, 0.15) is 38.5 Å². The number of nitrogens with zero attached hydrogens (tertiary/aromatic N) is 1. The molecule has 0 aromatic rings. The summed E-state index contributed by atoms with van der Waals surface area (Å²) >= 11 is 0. The lowest BCUT2D eigenvalue weighted by atomic mass is 9.83. The molecule has 0 spiro atoms. The maximum absolute atomic E-state index is 11.7. The van der Waals surface area contributed by atoms with Crippen molar-refractivity contribution in [1.82, 2.24) is 4.90 Å². The Balaban J connectivity index is 1.71. The summed E-state index contributed by atoms with van der Waals surface area (Å²) in [6.45, 7) is 0.891. The van der Waals surface area contributed by atoms with E-state index >= 15 is 0 Å². The second-order valence-corrected chi connectivity index (χ2v) is 4.97. The third-order valence-corrected chi connectivity index (χ3v) is 3.66. The third kappa shape index (κ3) is 1.92. The van der Waals surface area contributed by atoms with Crippen molar-refractivity contribution >= 4 is 5.91 Å². The van der Waals surface area contributed by atoms with Crippen molar-refractivity contribution in [2.75, 3.05) is 13.6 Å². The molecule has 0 saturated heterocycles. The van der Waals surface area contributed by atoms with Crippen LogP contribution >= 0.6 is 0 Å². The number of rotatable bonds is 4. The van der Waals surface area contributed by atoms with Crippen LogP contribution in [0.4, 0.5) is 0 Å². The minimum absolute atomic E-state index is 0.150. The summed E-state index contributed by atoms with van der Waals surface area (Å²) in [5, 5.41) is 0. The third-order valence-electron chi connectivity index (χ3n) is 3.66. The van der Waals surface area contributed by atoms with Crippen LogP contribution in [0.3, 0.4) is 0 Å². The topological polar surface area (TPSA) is 46.3 Å². The highest BCUT2D eigenvalue weighted by Gasteiger charge is 2.47. The van der Waals surface area contributed by atoms with Crippen molar-refractivity contribution in [3.63, 3.8) is 0 Å². The lowest BCUT2D eigenvalue weighted by molar-refractivity contribution is -0.132. The van der Waals surface area contributed by atoms with E-state index in [9.17, 15) is 4.79 Å². The maximum Gasteiger partial charge on any atom is 0.242 e. The van der Waals surface area contributed by atoms with E-state index in [1.807, 2.05) is 11.9 Å². The molecule has 3 nitrogen and oxygen atoms in total. The predicted molar refractivity (Wildman–Crippen MR) is 55.7 cm³/mol. The van der Waals surface area contributed by atoms with Crippen molar-refractivity contribution in [2.45, 2.75) is 44.1 Å². The second-order valence-electron chi connectivity index (χ2n) is 4.97. The fraction of sp³-hybridized carbons (Fsp3) is 0.909. The Kier molecular flexibility index (Phi) is 2.52. The van der Waals surface area contributed by atoms with E-state index in [-0.39, 0.29) is 5.91 Å². The Morgan fingerprint density at radius 3 is 2.57 bits per heavy atom. The molecule has 1 amide bonds. The number of carbonyl (C=O) groups is 1. The van der Waals surface area contributed by atoms with Crippen LogP contribution in [-0.4, -0.2) is 29.9 Å². The highest BCUT2D eigenvalue weighted by molar-refractivity contribution is 5.88. The highest BCUT2D eigenvalue weighted by atomic mass is 16.2. The van der Waals surface area contributed by atoms with Crippen molar-refractivity contribution in [3.05, 3.63) is 0 Å². The van der Waals surface area contributed by atoms with Gasteiger partial charge >= 0.3 is 0 Å².